The van der Waals surface area contributed by atoms with Crippen molar-refractivity contribution in [1.29, 1.82) is 0 Å². The number of amides is 1. The predicted octanol–water partition coefficient (Wildman–Crippen LogP) is 2.56. The Kier molecular flexibility index (Phi) is 5.23. The van der Waals surface area contributed by atoms with Crippen LogP contribution < -0.4 is 11.1 Å². The molecule has 2 aliphatic carbocycles. The maximum atomic E-state index is 12.9. The van der Waals surface area contributed by atoms with Crippen molar-refractivity contribution in [1.82, 2.24) is 19.9 Å². The molecule has 2 atom stereocenters. The Morgan fingerprint density at radius 2 is 2.06 bits per heavy atom. The van der Waals surface area contributed by atoms with Crippen molar-refractivity contribution >= 4 is 17.5 Å². The third-order valence-electron chi connectivity index (χ3n) is 8.06. The largest absolute Gasteiger partial charge is 0.468 e. The van der Waals surface area contributed by atoms with E-state index in [1.54, 1.807) is 4.52 Å². The number of rotatable bonds is 5. The summed E-state index contributed by atoms with van der Waals surface area (Å²) in [4.78, 5) is 30.5. The summed E-state index contributed by atoms with van der Waals surface area (Å²) < 4.78 is 6.82. The Bertz CT molecular complexity index is 1030. The summed E-state index contributed by atoms with van der Waals surface area (Å²) in [6.07, 6.45) is 9.38. The van der Waals surface area contributed by atoms with Gasteiger partial charge in [-0.05, 0) is 61.5 Å². The van der Waals surface area contributed by atoms with E-state index >= 15 is 0 Å². The first kappa shape index (κ1) is 21.4. The molecule has 3 heterocycles. The van der Waals surface area contributed by atoms with E-state index in [9.17, 15) is 9.59 Å². The van der Waals surface area contributed by atoms with Gasteiger partial charge in [0.05, 0.1) is 30.7 Å². The van der Waals surface area contributed by atoms with Crippen LogP contribution in [0.25, 0.3) is 5.65 Å². The molecular formula is C24H33N5O3. The lowest BCUT2D eigenvalue weighted by Crippen LogP contribution is -2.56. The van der Waals surface area contributed by atoms with E-state index < -0.39 is 11.4 Å². The Labute approximate surface area is 188 Å². The van der Waals surface area contributed by atoms with Crippen LogP contribution in [0.2, 0.25) is 0 Å². The van der Waals surface area contributed by atoms with Gasteiger partial charge in [0.2, 0.25) is 5.91 Å². The number of carbonyl (C=O) groups is 2. The molecule has 0 unspecified atom stereocenters. The number of esters is 1. The topological polar surface area (TPSA) is 112 Å². The lowest BCUT2D eigenvalue weighted by atomic mass is 9.71. The molecule has 8 nitrogen and oxygen atoms in total. The maximum Gasteiger partial charge on any atom is 0.321 e. The number of carbonyl (C=O) groups excluding carboxylic acids is 2. The molecule has 2 aromatic heterocycles. The van der Waals surface area contributed by atoms with Crippen LogP contribution >= 0.6 is 0 Å². The summed E-state index contributed by atoms with van der Waals surface area (Å²) in [7, 11) is 1.34. The number of fused-ring (bicyclic) bond motifs is 1. The molecule has 3 aliphatic rings. The summed E-state index contributed by atoms with van der Waals surface area (Å²) in [5.74, 6) is 0.475. The third-order valence-corrected chi connectivity index (χ3v) is 8.06. The molecule has 0 bridgehead atoms. The van der Waals surface area contributed by atoms with Gasteiger partial charge in [-0.1, -0.05) is 19.8 Å². The minimum Gasteiger partial charge on any atom is -0.468 e. The first-order chi connectivity index (χ1) is 15.3. The molecule has 1 aliphatic heterocycles. The van der Waals surface area contributed by atoms with Crippen LogP contribution in [0.15, 0.2) is 18.3 Å². The number of hydrogen-bond donors (Lipinski definition) is 2. The summed E-state index contributed by atoms with van der Waals surface area (Å²) in [5, 5.41) is 7.66. The second kappa shape index (κ2) is 7.83. The van der Waals surface area contributed by atoms with Crippen LogP contribution in [-0.2, 0) is 20.7 Å². The number of ether oxygens (including phenoxy) is 1. The van der Waals surface area contributed by atoms with Crippen LogP contribution in [-0.4, -0.2) is 40.1 Å². The average Bonchev–Trinajstić information content (AvgIpc) is 3.41. The van der Waals surface area contributed by atoms with Gasteiger partial charge in [0.15, 0.2) is 11.1 Å². The zero-order chi connectivity index (χ0) is 22.5. The number of nitrogens with zero attached hydrogens (tertiary/aromatic N) is 3. The van der Waals surface area contributed by atoms with E-state index in [-0.39, 0.29) is 23.8 Å². The predicted molar refractivity (Wildman–Crippen MR) is 118 cm³/mol. The zero-order valence-electron chi connectivity index (χ0n) is 19.0. The number of piperidine rings is 1. The first-order valence-electron chi connectivity index (χ1n) is 11.8. The molecule has 0 aromatic carbocycles. The molecule has 1 saturated heterocycles. The van der Waals surface area contributed by atoms with Gasteiger partial charge in [-0.25, -0.2) is 9.50 Å². The molecule has 2 saturated carbocycles. The lowest BCUT2D eigenvalue weighted by Gasteiger charge is -2.37. The highest BCUT2D eigenvalue weighted by Gasteiger charge is 2.60. The van der Waals surface area contributed by atoms with E-state index in [2.05, 4.69) is 12.2 Å². The second-order valence-electron chi connectivity index (χ2n) is 10.4. The fraction of sp³-hybridized carbons (Fsp3) is 0.667. The van der Waals surface area contributed by atoms with Crippen molar-refractivity contribution < 1.29 is 14.3 Å². The summed E-state index contributed by atoms with van der Waals surface area (Å²) >= 11 is 0. The van der Waals surface area contributed by atoms with Gasteiger partial charge in [0.25, 0.3) is 0 Å². The van der Waals surface area contributed by atoms with Crippen LogP contribution in [0, 0.1) is 22.7 Å². The number of aromatic nitrogens is 3. The molecule has 1 amide bonds. The van der Waals surface area contributed by atoms with Crippen molar-refractivity contribution in [2.45, 2.75) is 64.3 Å². The zero-order valence-corrected chi connectivity index (χ0v) is 19.0. The fourth-order valence-electron chi connectivity index (χ4n) is 5.72. The number of hydrogen-bond acceptors (Lipinski definition) is 6. The molecule has 0 radical (unpaired) electrons. The van der Waals surface area contributed by atoms with Gasteiger partial charge in [0.1, 0.15) is 0 Å². The molecule has 3 fully saturated rings. The van der Waals surface area contributed by atoms with E-state index in [1.165, 1.54) is 20.0 Å². The van der Waals surface area contributed by atoms with E-state index in [0.717, 1.165) is 42.9 Å². The number of nitrogens with two attached hydrogens (primary N) is 1. The quantitative estimate of drug-likeness (QED) is 0.547. The smallest absolute Gasteiger partial charge is 0.321 e. The Morgan fingerprint density at radius 3 is 2.75 bits per heavy atom. The van der Waals surface area contributed by atoms with Crippen molar-refractivity contribution in [3.05, 3.63) is 29.7 Å². The van der Waals surface area contributed by atoms with Crippen molar-refractivity contribution in [2.75, 3.05) is 13.7 Å². The number of nitrogens with one attached hydrogen (secondary N) is 1. The van der Waals surface area contributed by atoms with Crippen LogP contribution in [0.1, 0.15) is 69.3 Å². The van der Waals surface area contributed by atoms with Crippen LogP contribution in [0.4, 0.5) is 0 Å². The summed E-state index contributed by atoms with van der Waals surface area (Å²) in [6.45, 7) is 2.94. The van der Waals surface area contributed by atoms with Gasteiger partial charge in [-0.3, -0.25) is 9.59 Å². The SMILES string of the molecule is COC(=O)[C@]1(Cc2ccc3nc([C@@H](N)C4CCC(C)CC4)cn3n2)CC2(CC2)CNC1=O. The number of methoxy groups -OCH3 is 1. The minimum absolute atomic E-state index is 0.0264. The maximum absolute atomic E-state index is 12.9. The number of imidazole rings is 1. The molecule has 2 aromatic rings. The molecule has 3 N–H and O–H groups in total. The van der Waals surface area contributed by atoms with Gasteiger partial charge in [0, 0.05) is 13.0 Å². The van der Waals surface area contributed by atoms with Gasteiger partial charge in [-0.2, -0.15) is 5.10 Å². The monoisotopic (exact) mass is 439 g/mol. The Morgan fingerprint density at radius 1 is 1.31 bits per heavy atom. The Balaban J connectivity index is 1.40. The Hall–Kier alpha value is -2.48. The molecule has 32 heavy (non-hydrogen) atoms. The van der Waals surface area contributed by atoms with Crippen molar-refractivity contribution in [2.24, 2.45) is 28.4 Å². The van der Waals surface area contributed by atoms with Gasteiger partial charge >= 0.3 is 5.97 Å². The van der Waals surface area contributed by atoms with Gasteiger partial charge in [-0.15, -0.1) is 0 Å². The van der Waals surface area contributed by atoms with Crippen LogP contribution in [0.5, 0.6) is 0 Å². The first-order valence-corrected chi connectivity index (χ1v) is 11.8. The van der Waals surface area contributed by atoms with Crippen molar-refractivity contribution in [3.8, 4) is 0 Å². The molecular weight excluding hydrogens is 406 g/mol. The molecule has 1 spiro atoms. The minimum atomic E-state index is -1.23. The highest BCUT2D eigenvalue weighted by molar-refractivity contribution is 6.03. The highest BCUT2D eigenvalue weighted by atomic mass is 16.5. The fourth-order valence-corrected chi connectivity index (χ4v) is 5.72. The van der Waals surface area contributed by atoms with E-state index in [0.29, 0.717) is 24.6 Å². The molecule has 172 valence electrons. The normalized spacial score (nSPS) is 30.2. The lowest BCUT2D eigenvalue weighted by molar-refractivity contribution is -0.163. The average molecular weight is 440 g/mol. The van der Waals surface area contributed by atoms with E-state index in [1.807, 2.05) is 18.3 Å². The standard InChI is InChI=1S/C24H33N5O3/c1-15-3-5-16(6-4-15)20(25)18-12-29-19(27-18)8-7-17(28-29)11-24(22(31)32-2)13-23(9-10-23)14-26-21(24)30/h7-8,12,15-16,20H,3-6,9-11,13-14,25H2,1-2H3,(H,26,30)/t15?,16?,20-,24+/m0/s1. The molecule has 5 rings (SSSR count). The summed E-state index contributed by atoms with van der Waals surface area (Å²) in [6, 6.07) is 3.64. The summed E-state index contributed by atoms with van der Waals surface area (Å²) in [5.41, 5.74) is 7.62. The van der Waals surface area contributed by atoms with Crippen LogP contribution in [0.3, 0.4) is 0 Å². The third kappa shape index (κ3) is 3.68. The van der Waals surface area contributed by atoms with E-state index in [4.69, 9.17) is 20.6 Å². The highest BCUT2D eigenvalue weighted by Crippen LogP contribution is 2.56. The van der Waals surface area contributed by atoms with Crippen molar-refractivity contribution in [3.63, 3.8) is 0 Å². The van der Waals surface area contributed by atoms with Gasteiger partial charge < -0.3 is 15.8 Å². The second-order valence-corrected chi connectivity index (χ2v) is 10.4. The molecule has 8 heteroatoms.